The summed E-state index contributed by atoms with van der Waals surface area (Å²) in [5, 5.41) is 3.52. The molecule has 2 unspecified atom stereocenters. The van der Waals surface area contributed by atoms with Crippen LogP contribution in [-0.2, 0) is 4.74 Å². The average molecular weight is 293 g/mol. The molecule has 21 heavy (non-hydrogen) atoms. The van der Waals surface area contributed by atoms with Crippen molar-refractivity contribution in [3.63, 3.8) is 0 Å². The number of hydrogen-bond acceptors (Lipinski definition) is 2. The first-order chi connectivity index (χ1) is 10.4. The lowest BCUT2D eigenvalue weighted by Crippen LogP contribution is -2.40. The van der Waals surface area contributed by atoms with Gasteiger partial charge in [-0.2, -0.15) is 0 Å². The molecule has 0 aromatic carbocycles. The van der Waals surface area contributed by atoms with Crippen LogP contribution in [0.4, 0.5) is 0 Å². The van der Waals surface area contributed by atoms with Gasteiger partial charge < -0.3 is 15.0 Å². The van der Waals surface area contributed by atoms with Crippen molar-refractivity contribution in [3.8, 4) is 0 Å². The van der Waals surface area contributed by atoms with Crippen molar-refractivity contribution < 1.29 is 4.74 Å². The Morgan fingerprint density at radius 1 is 1.14 bits per heavy atom. The summed E-state index contributed by atoms with van der Waals surface area (Å²) < 4.78 is 5.68. The van der Waals surface area contributed by atoms with Crippen molar-refractivity contribution in [3.05, 3.63) is 0 Å². The molecule has 0 bridgehead atoms. The Labute approximate surface area is 129 Å². The van der Waals surface area contributed by atoms with Crippen molar-refractivity contribution in [2.24, 2.45) is 22.7 Å². The molecule has 3 aliphatic rings. The van der Waals surface area contributed by atoms with E-state index in [2.05, 4.69) is 15.2 Å². The highest BCUT2D eigenvalue weighted by atomic mass is 16.5. The smallest absolute Gasteiger partial charge is 0.193 e. The summed E-state index contributed by atoms with van der Waals surface area (Å²) in [7, 11) is 1.91. The van der Waals surface area contributed by atoms with E-state index in [0.717, 1.165) is 49.9 Å². The van der Waals surface area contributed by atoms with Crippen LogP contribution in [0, 0.1) is 17.8 Å². The molecule has 2 saturated carbocycles. The normalized spacial score (nSPS) is 29.6. The van der Waals surface area contributed by atoms with Crippen molar-refractivity contribution in [1.82, 2.24) is 10.2 Å². The van der Waals surface area contributed by atoms with Gasteiger partial charge in [0.2, 0.25) is 0 Å². The van der Waals surface area contributed by atoms with Crippen LogP contribution in [0.1, 0.15) is 44.9 Å². The lowest BCUT2D eigenvalue weighted by Gasteiger charge is -2.22. The predicted molar refractivity (Wildman–Crippen MR) is 86.5 cm³/mol. The minimum absolute atomic E-state index is 0.874. The molecule has 0 aromatic rings. The minimum Gasteiger partial charge on any atom is -0.381 e. The van der Waals surface area contributed by atoms with Crippen molar-refractivity contribution in [2.75, 3.05) is 39.9 Å². The Balaban J connectivity index is 1.33. The fourth-order valence-electron chi connectivity index (χ4n) is 3.82. The molecule has 0 spiro atoms. The van der Waals surface area contributed by atoms with E-state index in [1.54, 1.807) is 0 Å². The van der Waals surface area contributed by atoms with Crippen molar-refractivity contribution >= 4 is 5.96 Å². The molecule has 1 heterocycles. The van der Waals surface area contributed by atoms with E-state index in [-0.39, 0.29) is 0 Å². The number of fused-ring (bicyclic) bond motifs is 1. The molecular weight excluding hydrogens is 262 g/mol. The van der Waals surface area contributed by atoms with Gasteiger partial charge in [-0.3, -0.25) is 4.99 Å². The molecule has 1 aliphatic heterocycles. The van der Waals surface area contributed by atoms with Crippen LogP contribution < -0.4 is 5.32 Å². The van der Waals surface area contributed by atoms with Gasteiger partial charge in [0, 0.05) is 39.9 Å². The van der Waals surface area contributed by atoms with Crippen LogP contribution in [0.2, 0.25) is 0 Å². The first-order valence-electron chi connectivity index (χ1n) is 8.90. The van der Waals surface area contributed by atoms with Gasteiger partial charge in [-0.15, -0.1) is 0 Å². The quantitative estimate of drug-likeness (QED) is 0.464. The van der Waals surface area contributed by atoms with Crippen LogP contribution in [0.25, 0.3) is 0 Å². The average Bonchev–Trinajstić information content (AvgIpc) is 3.23. The van der Waals surface area contributed by atoms with E-state index in [4.69, 9.17) is 4.74 Å². The number of likely N-dealkylation sites (tertiary alicyclic amines) is 1. The standard InChI is InChI=1S/C17H31N3O/c1-18-17(19-9-4-10-21-13-14-7-8-14)20-11-15-5-2-3-6-16(15)12-20/h14-16H,2-13H2,1H3,(H,18,19). The van der Waals surface area contributed by atoms with Crippen molar-refractivity contribution in [1.29, 1.82) is 0 Å². The van der Waals surface area contributed by atoms with Gasteiger partial charge in [0.1, 0.15) is 0 Å². The monoisotopic (exact) mass is 293 g/mol. The Morgan fingerprint density at radius 3 is 2.48 bits per heavy atom. The van der Waals surface area contributed by atoms with Gasteiger partial charge in [0.05, 0.1) is 0 Å². The number of nitrogens with one attached hydrogen (secondary N) is 1. The Morgan fingerprint density at radius 2 is 1.86 bits per heavy atom. The van der Waals surface area contributed by atoms with Crippen LogP contribution in [-0.4, -0.2) is 50.8 Å². The zero-order chi connectivity index (χ0) is 14.5. The summed E-state index contributed by atoms with van der Waals surface area (Å²) in [5.41, 5.74) is 0. The van der Waals surface area contributed by atoms with Crippen LogP contribution in [0.5, 0.6) is 0 Å². The molecule has 2 aliphatic carbocycles. The Hall–Kier alpha value is -0.770. The highest BCUT2D eigenvalue weighted by Gasteiger charge is 2.35. The third-order valence-corrected chi connectivity index (χ3v) is 5.29. The number of rotatable bonds is 6. The fraction of sp³-hybridized carbons (Fsp3) is 0.941. The molecule has 1 N–H and O–H groups in total. The molecule has 3 fully saturated rings. The van der Waals surface area contributed by atoms with Gasteiger partial charge in [0.15, 0.2) is 5.96 Å². The molecule has 3 rings (SSSR count). The number of ether oxygens (including phenoxy) is 1. The molecule has 1 saturated heterocycles. The van der Waals surface area contributed by atoms with Gasteiger partial charge >= 0.3 is 0 Å². The number of aliphatic imine (C=N–C) groups is 1. The molecule has 120 valence electrons. The van der Waals surface area contributed by atoms with Crippen LogP contribution in [0.3, 0.4) is 0 Å². The lowest BCUT2D eigenvalue weighted by atomic mass is 9.82. The molecular formula is C17H31N3O. The van der Waals surface area contributed by atoms with Gasteiger partial charge in [-0.25, -0.2) is 0 Å². The molecule has 4 nitrogen and oxygen atoms in total. The zero-order valence-electron chi connectivity index (χ0n) is 13.5. The maximum atomic E-state index is 5.68. The summed E-state index contributed by atoms with van der Waals surface area (Å²) >= 11 is 0. The minimum atomic E-state index is 0.874. The molecule has 4 heteroatoms. The first-order valence-corrected chi connectivity index (χ1v) is 8.90. The topological polar surface area (TPSA) is 36.9 Å². The second kappa shape index (κ2) is 7.48. The van der Waals surface area contributed by atoms with E-state index in [1.165, 1.54) is 51.6 Å². The zero-order valence-corrected chi connectivity index (χ0v) is 13.5. The summed E-state index contributed by atoms with van der Waals surface area (Å²) in [6.45, 7) is 5.25. The Bertz CT molecular complexity index is 340. The summed E-state index contributed by atoms with van der Waals surface area (Å²) in [4.78, 5) is 6.95. The van der Waals surface area contributed by atoms with Crippen LogP contribution in [0.15, 0.2) is 4.99 Å². The van der Waals surface area contributed by atoms with Crippen molar-refractivity contribution in [2.45, 2.75) is 44.9 Å². The largest absolute Gasteiger partial charge is 0.381 e. The lowest BCUT2D eigenvalue weighted by molar-refractivity contribution is 0.122. The maximum Gasteiger partial charge on any atom is 0.193 e. The molecule has 0 amide bonds. The number of guanidine groups is 1. The van der Waals surface area contributed by atoms with E-state index in [9.17, 15) is 0 Å². The SMILES string of the molecule is CN=C(NCCCOCC1CC1)N1CC2CCCCC2C1. The number of hydrogen-bond donors (Lipinski definition) is 1. The van der Waals surface area contributed by atoms with Gasteiger partial charge in [-0.05, 0) is 49.9 Å². The summed E-state index contributed by atoms with van der Waals surface area (Å²) in [5.74, 6) is 3.81. The highest BCUT2D eigenvalue weighted by molar-refractivity contribution is 5.80. The van der Waals surface area contributed by atoms with Crippen LogP contribution >= 0.6 is 0 Å². The van der Waals surface area contributed by atoms with Gasteiger partial charge in [0.25, 0.3) is 0 Å². The summed E-state index contributed by atoms with van der Waals surface area (Å²) in [6, 6.07) is 0. The van der Waals surface area contributed by atoms with Gasteiger partial charge in [-0.1, -0.05) is 12.8 Å². The second-order valence-electron chi connectivity index (χ2n) is 7.06. The molecule has 0 aromatic heterocycles. The third-order valence-electron chi connectivity index (χ3n) is 5.29. The fourth-order valence-corrected chi connectivity index (χ4v) is 3.82. The molecule has 0 radical (unpaired) electrons. The molecule has 2 atom stereocenters. The second-order valence-corrected chi connectivity index (χ2v) is 7.06. The Kier molecular flexibility index (Phi) is 5.39. The third kappa shape index (κ3) is 4.35. The summed E-state index contributed by atoms with van der Waals surface area (Å²) in [6.07, 6.45) is 9.54. The van der Waals surface area contributed by atoms with E-state index >= 15 is 0 Å². The first kappa shape index (κ1) is 15.1. The predicted octanol–water partition coefficient (Wildman–Crippen LogP) is 2.50. The van der Waals surface area contributed by atoms with E-state index < -0.39 is 0 Å². The maximum absolute atomic E-state index is 5.68. The van der Waals surface area contributed by atoms with E-state index in [0.29, 0.717) is 0 Å². The van der Waals surface area contributed by atoms with E-state index in [1.807, 2.05) is 7.05 Å². The highest BCUT2D eigenvalue weighted by Crippen LogP contribution is 2.35. The number of nitrogens with zero attached hydrogens (tertiary/aromatic N) is 2.